The van der Waals surface area contributed by atoms with E-state index in [0.29, 0.717) is 3.82 Å². The van der Waals surface area contributed by atoms with Gasteiger partial charge in [0.2, 0.25) is 0 Å². The van der Waals surface area contributed by atoms with Gasteiger partial charge in [-0.2, -0.15) is 21.0 Å². The molecule has 1 aliphatic heterocycles. The van der Waals surface area contributed by atoms with Crippen LogP contribution < -0.4 is 18.8 Å². The van der Waals surface area contributed by atoms with Crippen LogP contribution in [0.1, 0.15) is 5.56 Å². The van der Waals surface area contributed by atoms with Gasteiger partial charge in [0.15, 0.2) is 0 Å². The number of piperazine rings is 1. The molecule has 1 saturated heterocycles. The number of nitrogens with one attached hydrogen (secondary N) is 1. The van der Waals surface area contributed by atoms with E-state index in [-0.39, 0.29) is 16.3 Å². The number of sulfonamides is 1. The summed E-state index contributed by atoms with van der Waals surface area (Å²) in [5.41, 5.74) is 1.93. The number of aryl methyl sites for hydroxylation is 1. The molecular formula is C18H20ClF2N3O3S. The molecule has 0 unspecified atom stereocenters. The highest BCUT2D eigenvalue weighted by molar-refractivity contribution is 7.94. The van der Waals surface area contributed by atoms with E-state index in [4.69, 9.17) is 11.8 Å². The van der Waals surface area contributed by atoms with Crippen LogP contribution in [0.3, 0.4) is 0 Å². The molecule has 0 spiro atoms. The van der Waals surface area contributed by atoms with E-state index in [2.05, 4.69) is 15.0 Å². The van der Waals surface area contributed by atoms with Gasteiger partial charge in [-0.25, -0.2) is 0 Å². The second-order valence-electron chi connectivity index (χ2n) is 6.28. The van der Waals surface area contributed by atoms with Gasteiger partial charge in [0.1, 0.15) is 5.75 Å². The highest BCUT2D eigenvalue weighted by Crippen LogP contribution is 2.31. The Morgan fingerprint density at radius 2 is 1.79 bits per heavy atom. The van der Waals surface area contributed by atoms with Gasteiger partial charge in [0.05, 0.1) is 10.6 Å². The van der Waals surface area contributed by atoms with E-state index in [1.165, 1.54) is 30.3 Å². The zero-order valence-corrected chi connectivity index (χ0v) is 16.7. The van der Waals surface area contributed by atoms with Crippen LogP contribution in [0.15, 0.2) is 47.4 Å². The van der Waals surface area contributed by atoms with Gasteiger partial charge in [-0.05, 0) is 48.9 Å². The zero-order chi connectivity index (χ0) is 20.3. The normalized spacial score (nSPS) is 15.0. The maximum absolute atomic E-state index is 13.0. The second-order valence-corrected chi connectivity index (χ2v) is 8.60. The van der Waals surface area contributed by atoms with Gasteiger partial charge in [0, 0.05) is 43.6 Å². The number of benzene rings is 2. The summed E-state index contributed by atoms with van der Waals surface area (Å²) in [4.78, 5) is 2.18. The van der Waals surface area contributed by atoms with Crippen molar-refractivity contribution in [2.75, 3.05) is 34.9 Å². The van der Waals surface area contributed by atoms with Gasteiger partial charge in [-0.1, -0.05) is 6.07 Å². The van der Waals surface area contributed by atoms with Gasteiger partial charge in [-0.15, -0.1) is 0 Å². The summed E-state index contributed by atoms with van der Waals surface area (Å²) in [5, 5.41) is 3.26. The van der Waals surface area contributed by atoms with E-state index < -0.39 is 16.6 Å². The third-order valence-electron chi connectivity index (χ3n) is 4.41. The lowest BCUT2D eigenvalue weighted by Crippen LogP contribution is -2.43. The smallest absolute Gasteiger partial charge is 0.387 e. The predicted molar refractivity (Wildman–Crippen MR) is 105 cm³/mol. The number of nitrogens with zero attached hydrogens (tertiary/aromatic N) is 2. The Bertz CT molecular complexity index is 920. The Kier molecular flexibility index (Phi) is 6.26. The minimum Gasteiger partial charge on any atom is -0.435 e. The van der Waals surface area contributed by atoms with Crippen LogP contribution >= 0.6 is 11.8 Å². The number of hydrogen-bond acceptors (Lipinski definition) is 5. The second kappa shape index (κ2) is 8.50. The standard InChI is InChI=1S/C18H20ClF2N3O3S/c1-13-2-7-16(12-17(13)23-10-8-22-9-11-23)28(25,26)24(19)14-3-5-15(6-4-14)27-18(20)21/h2-7,12,18,22H,8-11H2,1H3. The predicted octanol–water partition coefficient (Wildman–Crippen LogP) is 3.36. The fourth-order valence-corrected chi connectivity index (χ4v) is 4.41. The summed E-state index contributed by atoms with van der Waals surface area (Å²) in [6.45, 7) is 2.17. The Morgan fingerprint density at radius 3 is 2.39 bits per heavy atom. The number of anilines is 2. The van der Waals surface area contributed by atoms with Crippen molar-refractivity contribution in [2.24, 2.45) is 0 Å². The first kappa shape index (κ1) is 20.6. The summed E-state index contributed by atoms with van der Waals surface area (Å²) in [6.07, 6.45) is 0. The highest BCUT2D eigenvalue weighted by Gasteiger charge is 2.25. The molecule has 0 atom stereocenters. The molecule has 0 radical (unpaired) electrons. The Balaban J connectivity index is 1.87. The number of alkyl halides is 2. The summed E-state index contributed by atoms with van der Waals surface area (Å²) in [5.74, 6) is -0.0856. The van der Waals surface area contributed by atoms with Crippen molar-refractivity contribution >= 4 is 33.2 Å². The molecule has 2 aromatic carbocycles. The molecule has 1 N–H and O–H groups in total. The molecule has 0 aliphatic carbocycles. The van der Waals surface area contributed by atoms with Crippen LogP contribution in [0.5, 0.6) is 5.75 Å². The Hall–Kier alpha value is -2.10. The number of hydrogen-bond donors (Lipinski definition) is 1. The van der Waals surface area contributed by atoms with Crippen LogP contribution in [-0.2, 0) is 10.0 Å². The first-order chi connectivity index (χ1) is 13.3. The summed E-state index contributed by atoms with van der Waals surface area (Å²) >= 11 is 6.10. The lowest BCUT2D eigenvalue weighted by Gasteiger charge is -2.31. The largest absolute Gasteiger partial charge is 0.435 e. The Morgan fingerprint density at radius 1 is 1.14 bits per heavy atom. The number of ether oxygens (including phenoxy) is 1. The van der Waals surface area contributed by atoms with Gasteiger partial charge < -0.3 is 15.0 Å². The molecule has 0 amide bonds. The van der Waals surface area contributed by atoms with Crippen molar-refractivity contribution in [1.29, 1.82) is 0 Å². The van der Waals surface area contributed by atoms with Crippen molar-refractivity contribution in [3.63, 3.8) is 0 Å². The molecule has 10 heteroatoms. The third-order valence-corrected chi connectivity index (χ3v) is 6.63. The first-order valence-electron chi connectivity index (χ1n) is 8.61. The number of rotatable bonds is 6. The van der Waals surface area contributed by atoms with Crippen LogP contribution in [-0.4, -0.2) is 41.2 Å². The summed E-state index contributed by atoms with van der Waals surface area (Å²) in [6, 6.07) is 9.91. The average Bonchev–Trinajstić information content (AvgIpc) is 2.68. The lowest BCUT2D eigenvalue weighted by molar-refractivity contribution is -0.0498. The molecule has 1 aliphatic rings. The van der Waals surface area contributed by atoms with Crippen LogP contribution in [0.25, 0.3) is 0 Å². The highest BCUT2D eigenvalue weighted by atomic mass is 35.5. The molecule has 3 rings (SSSR count). The minimum absolute atomic E-state index is 0.0505. The molecule has 1 fully saturated rings. The van der Waals surface area contributed by atoms with E-state index in [1.54, 1.807) is 12.1 Å². The van der Waals surface area contributed by atoms with Crippen molar-refractivity contribution < 1.29 is 21.9 Å². The monoisotopic (exact) mass is 431 g/mol. The first-order valence-corrected chi connectivity index (χ1v) is 10.4. The van der Waals surface area contributed by atoms with Crippen LogP contribution in [0.4, 0.5) is 20.2 Å². The van der Waals surface area contributed by atoms with Crippen LogP contribution in [0, 0.1) is 6.92 Å². The van der Waals surface area contributed by atoms with E-state index in [1.807, 2.05) is 6.92 Å². The summed E-state index contributed by atoms with van der Waals surface area (Å²) in [7, 11) is -4.04. The molecule has 1 heterocycles. The minimum atomic E-state index is -4.04. The maximum Gasteiger partial charge on any atom is 0.387 e. The Labute approximate surface area is 167 Å². The SMILES string of the molecule is Cc1ccc(S(=O)(=O)N(Cl)c2ccc(OC(F)F)cc2)cc1N1CCNCC1. The third kappa shape index (κ3) is 4.48. The molecule has 0 saturated carbocycles. The van der Waals surface area contributed by atoms with Crippen LogP contribution in [0.2, 0.25) is 0 Å². The molecule has 0 aromatic heterocycles. The fourth-order valence-electron chi connectivity index (χ4n) is 2.97. The van der Waals surface area contributed by atoms with Gasteiger partial charge >= 0.3 is 6.61 Å². The summed E-state index contributed by atoms with van der Waals surface area (Å²) < 4.78 is 55.3. The van der Waals surface area contributed by atoms with Gasteiger partial charge in [0.25, 0.3) is 10.0 Å². The maximum atomic E-state index is 13.0. The van der Waals surface area contributed by atoms with Crippen molar-refractivity contribution in [3.05, 3.63) is 48.0 Å². The fraction of sp³-hybridized carbons (Fsp3) is 0.333. The number of halogens is 3. The van der Waals surface area contributed by atoms with Crippen molar-refractivity contribution in [3.8, 4) is 5.75 Å². The van der Waals surface area contributed by atoms with Crippen molar-refractivity contribution in [2.45, 2.75) is 18.4 Å². The zero-order valence-electron chi connectivity index (χ0n) is 15.1. The lowest BCUT2D eigenvalue weighted by atomic mass is 10.1. The average molecular weight is 432 g/mol. The molecule has 2 aromatic rings. The molecule has 0 bridgehead atoms. The van der Waals surface area contributed by atoms with Gasteiger partial charge in [-0.3, -0.25) is 0 Å². The molecule has 6 nitrogen and oxygen atoms in total. The van der Waals surface area contributed by atoms with Crippen molar-refractivity contribution in [1.82, 2.24) is 5.32 Å². The molecule has 28 heavy (non-hydrogen) atoms. The topological polar surface area (TPSA) is 61.9 Å². The quantitative estimate of drug-likeness (QED) is 0.711. The van der Waals surface area contributed by atoms with E-state index in [9.17, 15) is 17.2 Å². The van der Waals surface area contributed by atoms with E-state index >= 15 is 0 Å². The molecule has 152 valence electrons. The molecular weight excluding hydrogens is 412 g/mol. The van der Waals surface area contributed by atoms with E-state index in [0.717, 1.165) is 37.4 Å².